The number of aliphatic hydroxyl groups excluding tert-OH is 1. The monoisotopic (exact) mass is 265 g/mol. The largest absolute Gasteiger partial charge is 0.392 e. The van der Waals surface area contributed by atoms with Crippen LogP contribution in [-0.2, 0) is 5.75 Å². The average Bonchev–Trinajstić information content (AvgIpc) is 2.18. The minimum absolute atomic E-state index is 0.154. The Balaban J connectivity index is 2.61. The van der Waals surface area contributed by atoms with Gasteiger partial charge in [0.05, 0.1) is 16.8 Å². The van der Waals surface area contributed by atoms with E-state index in [0.29, 0.717) is 15.9 Å². The Hall–Kier alpha value is 0.0400. The first kappa shape index (κ1) is 13.1. The van der Waals surface area contributed by atoms with Gasteiger partial charge in [0, 0.05) is 11.0 Å². The second-order valence-corrected chi connectivity index (χ2v) is 5.48. The number of aliphatic hydroxyl groups is 1. The molecule has 2 unspecified atom stereocenters. The van der Waals surface area contributed by atoms with Crippen molar-refractivity contribution in [1.29, 1.82) is 0 Å². The molecule has 1 aromatic heterocycles. The van der Waals surface area contributed by atoms with Crippen molar-refractivity contribution in [3.05, 3.63) is 28.0 Å². The maximum absolute atomic E-state index is 9.32. The number of halogens is 2. The molecular weight excluding hydrogens is 253 g/mol. The quantitative estimate of drug-likeness (QED) is 0.848. The Morgan fingerprint density at radius 2 is 2.07 bits per heavy atom. The van der Waals surface area contributed by atoms with Gasteiger partial charge in [0.15, 0.2) is 0 Å². The zero-order chi connectivity index (χ0) is 11.4. The third kappa shape index (κ3) is 4.19. The summed E-state index contributed by atoms with van der Waals surface area (Å²) in [7, 11) is 0. The Morgan fingerprint density at radius 1 is 1.40 bits per heavy atom. The lowest BCUT2D eigenvalue weighted by molar-refractivity contribution is 0.196. The molecule has 2 atom stereocenters. The molecule has 0 radical (unpaired) electrons. The predicted octanol–water partition coefficient (Wildman–Crippen LogP) is 3.39. The standard InChI is InChI=1S/C10H13Cl2NOS/c1-6(14)7(2)15-5-9-8(11)3-4-10(12)13-9/h3-4,6-7,14H,5H2,1-2H3. The number of nitrogens with zero attached hydrogens (tertiary/aromatic N) is 1. The van der Waals surface area contributed by atoms with Crippen LogP contribution in [0, 0.1) is 0 Å². The molecule has 0 aromatic carbocycles. The highest BCUT2D eigenvalue weighted by Gasteiger charge is 2.11. The number of rotatable bonds is 4. The van der Waals surface area contributed by atoms with Gasteiger partial charge in [-0.05, 0) is 19.1 Å². The van der Waals surface area contributed by atoms with Gasteiger partial charge in [-0.3, -0.25) is 0 Å². The molecule has 0 spiro atoms. The lowest BCUT2D eigenvalue weighted by atomic mass is 10.3. The van der Waals surface area contributed by atoms with Gasteiger partial charge in [0.1, 0.15) is 5.15 Å². The van der Waals surface area contributed by atoms with E-state index in [0.717, 1.165) is 5.69 Å². The minimum Gasteiger partial charge on any atom is -0.392 e. The molecule has 0 fully saturated rings. The normalized spacial score (nSPS) is 15.0. The van der Waals surface area contributed by atoms with E-state index in [2.05, 4.69) is 4.98 Å². The first-order valence-electron chi connectivity index (χ1n) is 4.61. The average molecular weight is 266 g/mol. The molecule has 0 aliphatic carbocycles. The molecule has 1 N–H and O–H groups in total. The lowest BCUT2D eigenvalue weighted by Gasteiger charge is -2.13. The fourth-order valence-electron chi connectivity index (χ4n) is 0.909. The maximum atomic E-state index is 9.32. The molecule has 1 aromatic rings. The van der Waals surface area contributed by atoms with Crippen molar-refractivity contribution >= 4 is 35.0 Å². The van der Waals surface area contributed by atoms with Gasteiger partial charge in [-0.25, -0.2) is 4.98 Å². The van der Waals surface area contributed by atoms with E-state index in [-0.39, 0.29) is 11.4 Å². The summed E-state index contributed by atoms with van der Waals surface area (Å²) in [6.07, 6.45) is -0.340. The summed E-state index contributed by atoms with van der Waals surface area (Å²) < 4.78 is 0. The Morgan fingerprint density at radius 3 is 2.67 bits per heavy atom. The SMILES string of the molecule is CC(O)C(C)SCc1nc(Cl)ccc1Cl. The van der Waals surface area contributed by atoms with Crippen molar-refractivity contribution in [3.8, 4) is 0 Å². The summed E-state index contributed by atoms with van der Waals surface area (Å²) in [5, 5.41) is 10.5. The van der Waals surface area contributed by atoms with Crippen LogP contribution in [0.5, 0.6) is 0 Å². The van der Waals surface area contributed by atoms with Crippen molar-refractivity contribution < 1.29 is 5.11 Å². The Labute approximate surface area is 104 Å². The fraction of sp³-hybridized carbons (Fsp3) is 0.500. The fourth-order valence-corrected chi connectivity index (χ4v) is 2.24. The van der Waals surface area contributed by atoms with Crippen molar-refractivity contribution in [2.75, 3.05) is 0 Å². The number of hydrogen-bond acceptors (Lipinski definition) is 3. The third-order valence-electron chi connectivity index (χ3n) is 2.05. The summed E-state index contributed by atoms with van der Waals surface area (Å²) in [4.78, 5) is 4.14. The van der Waals surface area contributed by atoms with Crippen LogP contribution in [0.15, 0.2) is 12.1 Å². The van der Waals surface area contributed by atoms with E-state index in [4.69, 9.17) is 23.2 Å². The van der Waals surface area contributed by atoms with Crippen molar-refractivity contribution in [2.45, 2.75) is 31.0 Å². The molecule has 1 rings (SSSR count). The van der Waals surface area contributed by atoms with Crippen molar-refractivity contribution in [2.24, 2.45) is 0 Å². The van der Waals surface area contributed by atoms with Crippen molar-refractivity contribution in [3.63, 3.8) is 0 Å². The van der Waals surface area contributed by atoms with Gasteiger partial charge in [-0.15, -0.1) is 11.8 Å². The van der Waals surface area contributed by atoms with E-state index in [1.54, 1.807) is 30.8 Å². The van der Waals surface area contributed by atoms with E-state index < -0.39 is 0 Å². The lowest BCUT2D eigenvalue weighted by Crippen LogP contribution is -2.15. The van der Waals surface area contributed by atoms with Gasteiger partial charge in [-0.2, -0.15) is 0 Å². The second kappa shape index (κ2) is 5.94. The molecule has 15 heavy (non-hydrogen) atoms. The van der Waals surface area contributed by atoms with E-state index >= 15 is 0 Å². The molecule has 0 saturated carbocycles. The molecule has 2 nitrogen and oxygen atoms in total. The summed E-state index contributed by atoms with van der Waals surface area (Å²) >= 11 is 13.3. The molecule has 1 heterocycles. The van der Waals surface area contributed by atoms with Crippen LogP contribution in [0.1, 0.15) is 19.5 Å². The van der Waals surface area contributed by atoms with E-state index in [1.807, 2.05) is 6.92 Å². The first-order chi connectivity index (χ1) is 7.00. The van der Waals surface area contributed by atoms with Gasteiger partial charge >= 0.3 is 0 Å². The molecule has 0 saturated heterocycles. The van der Waals surface area contributed by atoms with Crippen LogP contribution in [0.3, 0.4) is 0 Å². The number of aromatic nitrogens is 1. The molecule has 0 amide bonds. The van der Waals surface area contributed by atoms with Crippen LogP contribution < -0.4 is 0 Å². The summed E-state index contributed by atoms with van der Waals surface area (Å²) in [6.45, 7) is 3.73. The van der Waals surface area contributed by atoms with Crippen LogP contribution in [0.2, 0.25) is 10.2 Å². The molecular formula is C10H13Cl2NOS. The molecule has 84 valence electrons. The number of hydrogen-bond donors (Lipinski definition) is 1. The highest BCUT2D eigenvalue weighted by atomic mass is 35.5. The topological polar surface area (TPSA) is 33.1 Å². The molecule has 5 heteroatoms. The van der Waals surface area contributed by atoms with Crippen LogP contribution in [0.25, 0.3) is 0 Å². The molecule has 0 aliphatic rings. The van der Waals surface area contributed by atoms with Crippen LogP contribution >= 0.6 is 35.0 Å². The number of pyridine rings is 1. The maximum Gasteiger partial charge on any atom is 0.129 e. The summed E-state index contributed by atoms with van der Waals surface area (Å²) in [5.41, 5.74) is 0.765. The second-order valence-electron chi connectivity index (χ2n) is 3.32. The van der Waals surface area contributed by atoms with Gasteiger partial charge in [-0.1, -0.05) is 30.1 Å². The summed E-state index contributed by atoms with van der Waals surface area (Å²) in [5.74, 6) is 0.658. The highest BCUT2D eigenvalue weighted by Crippen LogP contribution is 2.24. The number of thioether (sulfide) groups is 1. The van der Waals surface area contributed by atoms with Gasteiger partial charge < -0.3 is 5.11 Å². The zero-order valence-electron chi connectivity index (χ0n) is 8.58. The smallest absolute Gasteiger partial charge is 0.129 e. The van der Waals surface area contributed by atoms with E-state index in [1.165, 1.54) is 0 Å². The van der Waals surface area contributed by atoms with Crippen LogP contribution in [-0.4, -0.2) is 21.4 Å². The zero-order valence-corrected chi connectivity index (χ0v) is 10.9. The summed E-state index contributed by atoms with van der Waals surface area (Å²) in [6, 6.07) is 3.40. The minimum atomic E-state index is -0.340. The Bertz CT molecular complexity index is 333. The van der Waals surface area contributed by atoms with Crippen LogP contribution in [0.4, 0.5) is 0 Å². The predicted molar refractivity (Wildman–Crippen MR) is 66.7 cm³/mol. The van der Waals surface area contributed by atoms with E-state index in [9.17, 15) is 5.11 Å². The Kier molecular flexibility index (Phi) is 5.19. The molecule has 0 aliphatic heterocycles. The highest BCUT2D eigenvalue weighted by molar-refractivity contribution is 7.99. The van der Waals surface area contributed by atoms with Crippen molar-refractivity contribution in [1.82, 2.24) is 4.98 Å². The van der Waals surface area contributed by atoms with Gasteiger partial charge in [0.25, 0.3) is 0 Å². The van der Waals surface area contributed by atoms with Gasteiger partial charge in [0.2, 0.25) is 0 Å². The first-order valence-corrected chi connectivity index (χ1v) is 6.41. The third-order valence-corrected chi connectivity index (χ3v) is 3.96. The molecule has 0 bridgehead atoms.